The number of nitriles is 1. The number of nitrogens with one attached hydrogen (secondary N) is 1. The Hall–Kier alpha value is -2.72. The highest BCUT2D eigenvalue weighted by atomic mass is 16.5. The van der Waals surface area contributed by atoms with Crippen LogP contribution in [0.25, 0.3) is 11.1 Å². The van der Waals surface area contributed by atoms with Crippen molar-refractivity contribution in [2.75, 3.05) is 13.1 Å². The van der Waals surface area contributed by atoms with Crippen LogP contribution in [0.5, 0.6) is 0 Å². The summed E-state index contributed by atoms with van der Waals surface area (Å²) >= 11 is 0. The van der Waals surface area contributed by atoms with Crippen molar-refractivity contribution < 1.29 is 14.6 Å². The van der Waals surface area contributed by atoms with Crippen molar-refractivity contribution in [3.63, 3.8) is 0 Å². The largest absolute Gasteiger partial charge is 0.483 e. The Labute approximate surface area is 146 Å². The van der Waals surface area contributed by atoms with Crippen LogP contribution < -0.4 is 11.1 Å². The lowest BCUT2D eigenvalue weighted by atomic mass is 9.91. The molecule has 4 N–H and O–H groups in total. The number of carboxylic acid groups (broad SMARTS) is 1. The highest BCUT2D eigenvalue weighted by Gasteiger charge is 2.33. The quantitative estimate of drug-likeness (QED) is 0.723. The summed E-state index contributed by atoms with van der Waals surface area (Å²) in [4.78, 5) is 8.36. The van der Waals surface area contributed by atoms with Crippen molar-refractivity contribution in [1.82, 2.24) is 5.32 Å². The Kier molecular flexibility index (Phi) is 6.25. The standard InChI is InChI=1S/C18H19N3O.CH2O2/c1-18(12-21-11-17(20)22-18)16-7-3-6-15(9-16)14-5-2-4-13(8-14)10-19;2-1-3/h2-9,17,21H,11-12,20H2,1H3;1H,(H,2,3). The number of carbonyl (C=O) groups is 1. The zero-order valence-electron chi connectivity index (χ0n) is 14.0. The first-order valence-electron chi connectivity index (χ1n) is 7.85. The first kappa shape index (κ1) is 18.6. The second-order valence-electron chi connectivity index (χ2n) is 5.90. The van der Waals surface area contributed by atoms with Crippen LogP contribution in [0.15, 0.2) is 48.5 Å². The van der Waals surface area contributed by atoms with Crippen molar-refractivity contribution in [2.45, 2.75) is 18.8 Å². The second kappa shape index (κ2) is 8.40. The van der Waals surface area contributed by atoms with Gasteiger partial charge in [-0.2, -0.15) is 5.26 Å². The van der Waals surface area contributed by atoms with Crippen LogP contribution in [0.1, 0.15) is 18.1 Å². The molecule has 0 bridgehead atoms. The molecule has 6 heteroatoms. The van der Waals surface area contributed by atoms with Gasteiger partial charge in [-0.05, 0) is 41.8 Å². The van der Waals surface area contributed by atoms with E-state index in [0.29, 0.717) is 12.1 Å². The van der Waals surface area contributed by atoms with Gasteiger partial charge in [0.25, 0.3) is 6.47 Å². The van der Waals surface area contributed by atoms with Gasteiger partial charge in [0, 0.05) is 13.1 Å². The van der Waals surface area contributed by atoms with E-state index in [2.05, 4.69) is 23.5 Å². The molecular weight excluding hydrogens is 318 g/mol. The maximum atomic E-state index is 9.05. The summed E-state index contributed by atoms with van der Waals surface area (Å²) in [7, 11) is 0. The first-order valence-corrected chi connectivity index (χ1v) is 7.85. The molecule has 2 aromatic carbocycles. The van der Waals surface area contributed by atoms with Gasteiger partial charge in [0.05, 0.1) is 11.6 Å². The fraction of sp³-hybridized carbons (Fsp3) is 0.263. The molecular formula is C19H21N3O3. The molecule has 1 aliphatic heterocycles. The fourth-order valence-electron chi connectivity index (χ4n) is 2.84. The summed E-state index contributed by atoms with van der Waals surface area (Å²) in [5, 5.41) is 19.2. The Morgan fingerprint density at radius 2 is 1.96 bits per heavy atom. The topological polar surface area (TPSA) is 108 Å². The molecule has 1 heterocycles. The lowest BCUT2D eigenvalue weighted by Crippen LogP contribution is -2.53. The third-order valence-corrected chi connectivity index (χ3v) is 4.02. The smallest absolute Gasteiger partial charge is 0.290 e. The van der Waals surface area contributed by atoms with Crippen molar-refractivity contribution in [3.8, 4) is 17.2 Å². The van der Waals surface area contributed by atoms with E-state index in [1.807, 2.05) is 43.3 Å². The lowest BCUT2D eigenvalue weighted by molar-refractivity contribution is -0.122. The minimum atomic E-state index is -0.444. The maximum absolute atomic E-state index is 9.05. The molecule has 2 unspecified atom stereocenters. The van der Waals surface area contributed by atoms with E-state index in [0.717, 1.165) is 23.2 Å². The van der Waals surface area contributed by atoms with Gasteiger partial charge < -0.3 is 20.9 Å². The van der Waals surface area contributed by atoms with Gasteiger partial charge in [-0.15, -0.1) is 0 Å². The van der Waals surface area contributed by atoms with Gasteiger partial charge in [-0.25, -0.2) is 0 Å². The molecule has 0 aromatic heterocycles. The van der Waals surface area contributed by atoms with E-state index in [1.165, 1.54) is 0 Å². The minimum Gasteiger partial charge on any atom is -0.483 e. The molecule has 2 aromatic rings. The van der Waals surface area contributed by atoms with Crippen LogP contribution in [0.2, 0.25) is 0 Å². The van der Waals surface area contributed by atoms with E-state index in [4.69, 9.17) is 25.6 Å². The Morgan fingerprint density at radius 1 is 1.32 bits per heavy atom. The minimum absolute atomic E-state index is 0.250. The van der Waals surface area contributed by atoms with Crippen molar-refractivity contribution in [1.29, 1.82) is 5.26 Å². The van der Waals surface area contributed by atoms with Crippen LogP contribution in [0.3, 0.4) is 0 Å². The fourth-order valence-corrected chi connectivity index (χ4v) is 2.84. The van der Waals surface area contributed by atoms with Crippen LogP contribution >= 0.6 is 0 Å². The second-order valence-corrected chi connectivity index (χ2v) is 5.90. The molecule has 2 atom stereocenters. The summed E-state index contributed by atoms with van der Waals surface area (Å²) in [6.45, 7) is 3.19. The van der Waals surface area contributed by atoms with E-state index in [9.17, 15) is 0 Å². The van der Waals surface area contributed by atoms with E-state index >= 15 is 0 Å². The van der Waals surface area contributed by atoms with Crippen LogP contribution in [-0.2, 0) is 15.1 Å². The predicted octanol–water partition coefficient (Wildman–Crippen LogP) is 2.05. The van der Waals surface area contributed by atoms with Gasteiger partial charge in [-0.1, -0.05) is 30.3 Å². The number of benzene rings is 2. The van der Waals surface area contributed by atoms with E-state index in [-0.39, 0.29) is 12.7 Å². The molecule has 0 amide bonds. The summed E-state index contributed by atoms with van der Waals surface area (Å²) in [5.41, 5.74) is 9.30. The summed E-state index contributed by atoms with van der Waals surface area (Å²) in [5.74, 6) is 0. The molecule has 3 rings (SSSR count). The first-order chi connectivity index (χ1) is 12.0. The number of hydrogen-bond donors (Lipinski definition) is 3. The lowest BCUT2D eigenvalue weighted by Gasteiger charge is -2.38. The van der Waals surface area contributed by atoms with E-state index < -0.39 is 5.60 Å². The number of nitrogens with two attached hydrogens (primary N) is 1. The number of hydrogen-bond acceptors (Lipinski definition) is 5. The summed E-state index contributed by atoms with van der Waals surface area (Å²) < 4.78 is 5.96. The van der Waals surface area contributed by atoms with E-state index in [1.54, 1.807) is 0 Å². The number of nitrogens with zero attached hydrogens (tertiary/aromatic N) is 1. The van der Waals surface area contributed by atoms with Gasteiger partial charge in [0.1, 0.15) is 11.8 Å². The van der Waals surface area contributed by atoms with Gasteiger partial charge in [0.15, 0.2) is 0 Å². The van der Waals surface area contributed by atoms with Crippen molar-refractivity contribution in [2.24, 2.45) is 5.73 Å². The third-order valence-electron chi connectivity index (χ3n) is 4.02. The monoisotopic (exact) mass is 339 g/mol. The zero-order chi connectivity index (χ0) is 18.3. The normalized spacial score (nSPS) is 22.2. The molecule has 1 fully saturated rings. The third kappa shape index (κ3) is 4.64. The molecule has 130 valence electrons. The van der Waals surface area contributed by atoms with Crippen LogP contribution in [-0.4, -0.2) is 30.9 Å². The van der Waals surface area contributed by atoms with Crippen molar-refractivity contribution in [3.05, 3.63) is 59.7 Å². The molecule has 1 saturated heterocycles. The zero-order valence-corrected chi connectivity index (χ0v) is 14.0. The Bertz CT molecular complexity index is 773. The highest BCUT2D eigenvalue weighted by molar-refractivity contribution is 5.66. The van der Waals surface area contributed by atoms with Gasteiger partial charge in [-0.3, -0.25) is 4.79 Å². The molecule has 1 aliphatic rings. The van der Waals surface area contributed by atoms with Crippen LogP contribution in [0.4, 0.5) is 0 Å². The highest BCUT2D eigenvalue weighted by Crippen LogP contribution is 2.31. The average molecular weight is 339 g/mol. The molecule has 25 heavy (non-hydrogen) atoms. The van der Waals surface area contributed by atoms with Gasteiger partial charge in [0.2, 0.25) is 0 Å². The Morgan fingerprint density at radius 3 is 2.60 bits per heavy atom. The Balaban J connectivity index is 0.000000701. The molecule has 0 spiro atoms. The maximum Gasteiger partial charge on any atom is 0.290 e. The molecule has 6 nitrogen and oxygen atoms in total. The molecule has 0 saturated carbocycles. The summed E-state index contributed by atoms with van der Waals surface area (Å²) in [6.07, 6.45) is -0.302. The summed E-state index contributed by atoms with van der Waals surface area (Å²) in [6, 6.07) is 18.0. The molecule has 0 radical (unpaired) electrons. The SMILES string of the molecule is CC1(c2cccc(-c3cccc(C#N)c3)c2)CNCC(N)O1.O=CO. The van der Waals surface area contributed by atoms with Gasteiger partial charge >= 0.3 is 0 Å². The van der Waals surface area contributed by atoms with Crippen molar-refractivity contribution >= 4 is 6.47 Å². The predicted molar refractivity (Wildman–Crippen MR) is 94.6 cm³/mol. The average Bonchev–Trinajstić information content (AvgIpc) is 2.62. The number of ether oxygens (including phenoxy) is 1. The molecule has 0 aliphatic carbocycles. The van der Waals surface area contributed by atoms with Crippen LogP contribution in [0, 0.1) is 11.3 Å². The number of morpholine rings is 1. The number of rotatable bonds is 2.